The molecule has 0 spiro atoms. The number of halogens is 2. The molecule has 0 aliphatic rings. The van der Waals surface area contributed by atoms with Crippen LogP contribution in [0.4, 0.5) is 0 Å². The Kier molecular flexibility index (Phi) is 84.6. The number of unbranched alkanes of at least 4 members (excludes halogenated alkanes) is 44. The van der Waals surface area contributed by atoms with Gasteiger partial charge in [-0.15, -0.1) is 0 Å². The Labute approximate surface area is 562 Å². The Hall–Kier alpha value is 0.600. The Bertz CT molecular complexity index is 1120. The van der Waals surface area contributed by atoms with Gasteiger partial charge in [0, 0.05) is 26.4 Å². The van der Waals surface area contributed by atoms with E-state index in [0.717, 1.165) is 87.3 Å². The van der Waals surface area contributed by atoms with Crippen LogP contribution in [0.5, 0.6) is 0 Å². The van der Waals surface area contributed by atoms with E-state index in [2.05, 4.69) is 55.9 Å². The summed E-state index contributed by atoms with van der Waals surface area (Å²) in [5, 5.41) is 10.9. The van der Waals surface area contributed by atoms with E-state index in [1.165, 1.54) is 283 Å². The first-order valence-electron chi connectivity index (χ1n) is 36.9. The number of quaternary nitrogens is 2. The molecule has 0 heterocycles. The van der Waals surface area contributed by atoms with E-state index in [1.54, 1.807) is 0 Å². The molecule has 0 saturated carbocycles. The molecule has 0 fully saturated rings. The van der Waals surface area contributed by atoms with E-state index in [0.29, 0.717) is 26.4 Å². The molecular formula is C75H160Br2N2O7. The first kappa shape index (κ1) is 95.3. The summed E-state index contributed by atoms with van der Waals surface area (Å²) in [5.74, 6) is 0. The molecule has 0 radical (unpaired) electrons. The zero-order chi connectivity index (χ0) is 59.8. The molecule has 0 aliphatic carbocycles. The fourth-order valence-electron chi connectivity index (χ4n) is 11.6. The summed E-state index contributed by atoms with van der Waals surface area (Å²) in [4.78, 5) is 0. The van der Waals surface area contributed by atoms with Crippen molar-refractivity contribution in [3.63, 3.8) is 0 Å². The van der Waals surface area contributed by atoms with Crippen molar-refractivity contribution in [2.45, 2.75) is 369 Å². The van der Waals surface area contributed by atoms with Crippen LogP contribution in [0, 0.1) is 0 Å². The number of likely N-dealkylation sites (N-methyl/N-ethyl adjacent to an activating group) is 2. The fourth-order valence-corrected chi connectivity index (χ4v) is 11.6. The standard InChI is InChI=1S/C73H152N2O7.2CH4.2BrH/c1-9-13-17-21-25-29-33-37-41-45-49-53-59-77-69-72(81-61-55-51-47-43-39-35-31-27-23-19-15-11-3)65-74(5,6)57-63-79-67-71(76)68-80-64-58-75(7,8)66-73(82-62-56-52-48-44-40-36-32-28-24-20-16-12-4)70-78-60-54-50-46-42-38-34-30-26-22-18-14-10-2;;;;/h71-73,76H,9-70H2,1-8H3;2*1H4;2*1H/q+2;;;;/p-2. The number of ether oxygens (including phenoxy) is 6. The van der Waals surface area contributed by atoms with E-state index < -0.39 is 6.10 Å². The van der Waals surface area contributed by atoms with Crippen LogP contribution in [0.3, 0.4) is 0 Å². The van der Waals surface area contributed by atoms with E-state index in [4.69, 9.17) is 28.4 Å². The highest BCUT2D eigenvalue weighted by molar-refractivity contribution is 4.61. The minimum Gasteiger partial charge on any atom is -1.00 e. The maximum Gasteiger partial charge on any atom is 0.130 e. The fraction of sp³-hybridized carbons (Fsp3) is 1.00. The number of hydrogen-bond acceptors (Lipinski definition) is 7. The summed E-state index contributed by atoms with van der Waals surface area (Å²) in [6.07, 6.45) is 64.5. The Morgan fingerprint density at radius 2 is 0.442 bits per heavy atom. The Morgan fingerprint density at radius 1 is 0.256 bits per heavy atom. The van der Waals surface area contributed by atoms with Crippen molar-refractivity contribution in [3.8, 4) is 0 Å². The average molecular weight is 1360 g/mol. The van der Waals surface area contributed by atoms with Crippen molar-refractivity contribution in [1.82, 2.24) is 0 Å². The summed E-state index contributed by atoms with van der Waals surface area (Å²) in [5.41, 5.74) is 0. The third kappa shape index (κ3) is 75.3. The topological polar surface area (TPSA) is 75.6 Å². The lowest BCUT2D eigenvalue weighted by Crippen LogP contribution is -3.00. The largest absolute Gasteiger partial charge is 1.00 e. The van der Waals surface area contributed by atoms with Gasteiger partial charge < -0.3 is 76.5 Å². The van der Waals surface area contributed by atoms with Crippen LogP contribution < -0.4 is 34.0 Å². The van der Waals surface area contributed by atoms with Crippen molar-refractivity contribution >= 4 is 0 Å². The zero-order valence-corrected chi connectivity index (χ0v) is 61.3. The first-order chi connectivity index (χ1) is 40.1. The molecule has 0 amide bonds. The maximum absolute atomic E-state index is 10.9. The van der Waals surface area contributed by atoms with Gasteiger partial charge in [0.2, 0.25) is 0 Å². The number of nitrogens with zero attached hydrogens (tertiary/aromatic N) is 2. The smallest absolute Gasteiger partial charge is 0.130 e. The molecule has 0 aromatic rings. The van der Waals surface area contributed by atoms with Gasteiger partial charge in [-0.25, -0.2) is 0 Å². The molecule has 1 N–H and O–H groups in total. The molecule has 0 aromatic carbocycles. The molecule has 0 aromatic heterocycles. The summed E-state index contributed by atoms with van der Waals surface area (Å²) in [6, 6.07) is 0. The molecule has 2 unspecified atom stereocenters. The SMILES string of the molecule is C.C.CCCCCCCCCCCCCCOCC(C[N+](C)(C)CCOCC(O)COCC[N+](C)(C)CC(COCCCCCCCCCCCCCC)OCCCCCCCCCCCCCC)OCCCCCCCCCCCCCC.[Br-].[Br-]. The second kappa shape index (κ2) is 76.3. The van der Waals surface area contributed by atoms with Crippen LogP contribution >= 0.6 is 0 Å². The summed E-state index contributed by atoms with van der Waals surface area (Å²) >= 11 is 0. The summed E-state index contributed by atoms with van der Waals surface area (Å²) in [7, 11) is 9.09. The van der Waals surface area contributed by atoms with Crippen molar-refractivity contribution in [3.05, 3.63) is 0 Å². The van der Waals surface area contributed by atoms with E-state index in [-0.39, 0.29) is 74.2 Å². The molecule has 11 heteroatoms. The lowest BCUT2D eigenvalue weighted by molar-refractivity contribution is -0.894. The van der Waals surface area contributed by atoms with E-state index >= 15 is 0 Å². The van der Waals surface area contributed by atoms with Crippen LogP contribution in [-0.4, -0.2) is 153 Å². The summed E-state index contributed by atoms with van der Waals surface area (Å²) < 4.78 is 39.5. The predicted octanol–water partition coefficient (Wildman–Crippen LogP) is 15.4. The minimum absolute atomic E-state index is 0. The Morgan fingerprint density at radius 3 is 0.663 bits per heavy atom. The van der Waals surface area contributed by atoms with Crippen LogP contribution in [0.25, 0.3) is 0 Å². The third-order valence-corrected chi connectivity index (χ3v) is 17.3. The lowest BCUT2D eigenvalue weighted by atomic mass is 10.1. The highest BCUT2D eigenvalue weighted by Gasteiger charge is 2.25. The average Bonchev–Trinajstić information content (AvgIpc) is 3.51. The molecule has 9 nitrogen and oxygen atoms in total. The van der Waals surface area contributed by atoms with Gasteiger partial charge in [0.05, 0.1) is 67.8 Å². The number of rotatable bonds is 72. The monoisotopic (exact) mass is 1360 g/mol. The highest BCUT2D eigenvalue weighted by Crippen LogP contribution is 2.18. The van der Waals surface area contributed by atoms with Gasteiger partial charge in [0.15, 0.2) is 0 Å². The second-order valence-corrected chi connectivity index (χ2v) is 27.2. The molecule has 0 saturated heterocycles. The molecule has 2 atom stereocenters. The Balaban J connectivity index is -0.00000547. The lowest BCUT2D eigenvalue weighted by Gasteiger charge is -2.33. The van der Waals surface area contributed by atoms with Crippen molar-refractivity contribution in [1.29, 1.82) is 0 Å². The minimum atomic E-state index is -0.646. The zero-order valence-electron chi connectivity index (χ0n) is 58.1. The van der Waals surface area contributed by atoms with Crippen molar-refractivity contribution in [2.24, 2.45) is 0 Å². The molecule has 86 heavy (non-hydrogen) atoms. The molecular weight excluding hydrogens is 1200 g/mol. The molecule has 0 aliphatic heterocycles. The van der Waals surface area contributed by atoms with Gasteiger partial charge in [-0.2, -0.15) is 0 Å². The predicted molar refractivity (Wildman–Crippen MR) is 370 cm³/mol. The van der Waals surface area contributed by atoms with Gasteiger partial charge in [0.25, 0.3) is 0 Å². The van der Waals surface area contributed by atoms with Crippen LogP contribution in [0.15, 0.2) is 0 Å². The first-order valence-corrected chi connectivity index (χ1v) is 36.9. The van der Waals surface area contributed by atoms with E-state index in [9.17, 15) is 5.11 Å². The number of aliphatic hydroxyl groups is 1. The normalized spacial score (nSPS) is 12.8. The second-order valence-electron chi connectivity index (χ2n) is 27.2. The summed E-state index contributed by atoms with van der Waals surface area (Å²) in [6.45, 7) is 19.0. The number of hydrogen-bond donors (Lipinski definition) is 1. The molecule has 0 rings (SSSR count). The quantitative estimate of drug-likeness (QED) is 0.0480. The van der Waals surface area contributed by atoms with Gasteiger partial charge >= 0.3 is 0 Å². The highest BCUT2D eigenvalue weighted by atomic mass is 79.9. The maximum atomic E-state index is 10.9. The van der Waals surface area contributed by atoms with Gasteiger partial charge in [-0.3, -0.25) is 0 Å². The van der Waals surface area contributed by atoms with Gasteiger partial charge in [0.1, 0.15) is 44.5 Å². The van der Waals surface area contributed by atoms with Crippen LogP contribution in [0.2, 0.25) is 0 Å². The van der Waals surface area contributed by atoms with Crippen LogP contribution in [0.1, 0.15) is 351 Å². The van der Waals surface area contributed by atoms with Crippen molar-refractivity contribution < 1.29 is 76.5 Å². The number of aliphatic hydroxyl groups excluding tert-OH is 1. The van der Waals surface area contributed by atoms with Crippen LogP contribution in [-0.2, 0) is 28.4 Å². The third-order valence-electron chi connectivity index (χ3n) is 17.3. The molecule has 0 bridgehead atoms. The van der Waals surface area contributed by atoms with Gasteiger partial charge in [-0.1, -0.05) is 325 Å². The molecule has 526 valence electrons. The van der Waals surface area contributed by atoms with E-state index in [1.807, 2.05) is 0 Å². The van der Waals surface area contributed by atoms with Gasteiger partial charge in [-0.05, 0) is 25.7 Å². The van der Waals surface area contributed by atoms with Crippen molar-refractivity contribution in [2.75, 3.05) is 120 Å².